The van der Waals surface area contributed by atoms with E-state index >= 15 is 0 Å². The van der Waals surface area contributed by atoms with Crippen LogP contribution in [-0.2, 0) is 0 Å². The van der Waals surface area contributed by atoms with Crippen molar-refractivity contribution in [2.75, 3.05) is 18.0 Å². The highest BCUT2D eigenvalue weighted by molar-refractivity contribution is 9.10. The molecule has 126 valence electrons. The quantitative estimate of drug-likeness (QED) is 0.502. The molecule has 0 bridgehead atoms. The number of halogens is 1. The average Bonchev–Trinajstić information content (AvgIpc) is 3.28. The Hall–Kier alpha value is -1.99. The SMILES string of the molecule is Brc1csc2c(-c3ccnc4[nH]ccc34)nc(N3CCCCC3)nc12. The summed E-state index contributed by atoms with van der Waals surface area (Å²) in [6, 6.07) is 4.11. The van der Waals surface area contributed by atoms with E-state index in [1.807, 2.05) is 18.5 Å². The lowest BCUT2D eigenvalue weighted by molar-refractivity contribution is 0.569. The Morgan fingerprint density at radius 1 is 1.12 bits per heavy atom. The van der Waals surface area contributed by atoms with Crippen molar-refractivity contribution in [2.24, 2.45) is 0 Å². The smallest absolute Gasteiger partial charge is 0.226 e. The molecule has 4 aromatic heterocycles. The largest absolute Gasteiger partial charge is 0.346 e. The lowest BCUT2D eigenvalue weighted by Gasteiger charge is -2.27. The zero-order valence-electron chi connectivity index (χ0n) is 13.5. The van der Waals surface area contributed by atoms with Crippen molar-refractivity contribution in [1.82, 2.24) is 19.9 Å². The number of fused-ring (bicyclic) bond motifs is 2. The predicted molar refractivity (Wildman–Crippen MR) is 106 cm³/mol. The summed E-state index contributed by atoms with van der Waals surface area (Å²) in [6.07, 6.45) is 7.47. The molecule has 1 aliphatic heterocycles. The maximum Gasteiger partial charge on any atom is 0.226 e. The van der Waals surface area contributed by atoms with E-state index in [-0.39, 0.29) is 0 Å². The van der Waals surface area contributed by atoms with E-state index < -0.39 is 0 Å². The second-order valence-corrected chi connectivity index (χ2v) is 8.01. The number of pyridine rings is 1. The van der Waals surface area contributed by atoms with Gasteiger partial charge in [0.05, 0.1) is 14.9 Å². The molecule has 4 aromatic rings. The Bertz CT molecular complexity index is 1060. The Morgan fingerprint density at radius 2 is 2.00 bits per heavy atom. The maximum atomic E-state index is 5.00. The van der Waals surface area contributed by atoms with E-state index in [1.54, 1.807) is 11.3 Å². The van der Waals surface area contributed by atoms with Gasteiger partial charge < -0.3 is 9.88 Å². The molecular formula is C18H16BrN5S. The Morgan fingerprint density at radius 3 is 2.88 bits per heavy atom. The molecule has 0 amide bonds. The van der Waals surface area contributed by atoms with Crippen LogP contribution in [-0.4, -0.2) is 33.0 Å². The van der Waals surface area contributed by atoms with Gasteiger partial charge in [-0.3, -0.25) is 0 Å². The number of piperidine rings is 1. The van der Waals surface area contributed by atoms with Crippen LogP contribution in [0.3, 0.4) is 0 Å². The van der Waals surface area contributed by atoms with Gasteiger partial charge in [-0.05, 0) is 47.3 Å². The molecule has 0 aromatic carbocycles. The number of hydrogen-bond acceptors (Lipinski definition) is 5. The Labute approximate surface area is 157 Å². The first-order valence-electron chi connectivity index (χ1n) is 8.43. The monoisotopic (exact) mass is 413 g/mol. The number of aromatic amines is 1. The lowest BCUT2D eigenvalue weighted by Crippen LogP contribution is -2.31. The third-order valence-corrected chi connectivity index (χ3v) is 6.60. The molecule has 1 aliphatic rings. The highest BCUT2D eigenvalue weighted by Crippen LogP contribution is 2.38. The van der Waals surface area contributed by atoms with Crippen molar-refractivity contribution in [3.8, 4) is 11.3 Å². The van der Waals surface area contributed by atoms with Crippen molar-refractivity contribution < 1.29 is 0 Å². The van der Waals surface area contributed by atoms with Gasteiger partial charge in [0, 0.05) is 41.8 Å². The van der Waals surface area contributed by atoms with Crippen LogP contribution in [0, 0.1) is 0 Å². The van der Waals surface area contributed by atoms with Crippen LogP contribution in [0.2, 0.25) is 0 Å². The molecule has 1 saturated heterocycles. The van der Waals surface area contributed by atoms with Crippen LogP contribution in [0.5, 0.6) is 0 Å². The zero-order valence-corrected chi connectivity index (χ0v) is 15.9. The number of nitrogens with zero attached hydrogens (tertiary/aromatic N) is 4. The van der Waals surface area contributed by atoms with E-state index in [2.05, 4.69) is 42.2 Å². The van der Waals surface area contributed by atoms with Crippen LogP contribution < -0.4 is 4.90 Å². The van der Waals surface area contributed by atoms with Crippen LogP contribution >= 0.6 is 27.3 Å². The second kappa shape index (κ2) is 6.07. The predicted octanol–water partition coefficient (Wildman–Crippen LogP) is 4.99. The number of nitrogens with one attached hydrogen (secondary N) is 1. The first kappa shape index (κ1) is 15.3. The number of H-pyrrole nitrogens is 1. The van der Waals surface area contributed by atoms with E-state index in [1.165, 1.54) is 19.3 Å². The van der Waals surface area contributed by atoms with Crippen molar-refractivity contribution in [3.63, 3.8) is 0 Å². The number of thiophene rings is 1. The summed E-state index contributed by atoms with van der Waals surface area (Å²) in [5, 5.41) is 3.19. The van der Waals surface area contributed by atoms with Crippen molar-refractivity contribution in [1.29, 1.82) is 0 Å². The molecule has 0 unspecified atom stereocenters. The third-order valence-electron chi connectivity index (χ3n) is 4.71. The van der Waals surface area contributed by atoms with Crippen LogP contribution in [0.15, 0.2) is 34.4 Å². The van der Waals surface area contributed by atoms with Crippen LogP contribution in [0.25, 0.3) is 32.5 Å². The molecule has 0 spiro atoms. The number of hydrogen-bond donors (Lipinski definition) is 1. The van der Waals surface area contributed by atoms with Crippen LogP contribution in [0.1, 0.15) is 19.3 Å². The van der Waals surface area contributed by atoms with Crippen LogP contribution in [0.4, 0.5) is 5.95 Å². The summed E-state index contributed by atoms with van der Waals surface area (Å²) < 4.78 is 2.15. The summed E-state index contributed by atoms with van der Waals surface area (Å²) in [4.78, 5) is 19.8. The van der Waals surface area contributed by atoms with Gasteiger partial charge in [0.25, 0.3) is 0 Å². The summed E-state index contributed by atoms with van der Waals surface area (Å²) in [5.41, 5.74) is 3.98. The molecule has 5 rings (SSSR count). The molecule has 5 nitrogen and oxygen atoms in total. The summed E-state index contributed by atoms with van der Waals surface area (Å²) in [6.45, 7) is 2.06. The fourth-order valence-electron chi connectivity index (χ4n) is 3.46. The summed E-state index contributed by atoms with van der Waals surface area (Å²) in [7, 11) is 0. The normalized spacial score (nSPS) is 15.3. The standard InChI is InChI=1S/C18H16BrN5S/c19-13-10-25-16-14(11-4-6-20-17-12(11)5-7-21-17)22-18(23-15(13)16)24-8-2-1-3-9-24/h4-7,10H,1-3,8-9H2,(H,20,21). The van der Waals surface area contributed by atoms with Gasteiger partial charge in [-0.25, -0.2) is 15.0 Å². The molecule has 0 radical (unpaired) electrons. The van der Waals surface area contributed by atoms with Crippen molar-refractivity contribution >= 4 is 54.5 Å². The minimum absolute atomic E-state index is 0.835. The zero-order chi connectivity index (χ0) is 16.8. The van der Waals surface area contributed by atoms with E-state index in [9.17, 15) is 0 Å². The third kappa shape index (κ3) is 2.53. The number of anilines is 1. The fraction of sp³-hybridized carbons (Fsp3) is 0.278. The van der Waals surface area contributed by atoms with Gasteiger partial charge in [0.15, 0.2) is 0 Å². The van der Waals surface area contributed by atoms with Gasteiger partial charge in [-0.1, -0.05) is 0 Å². The average molecular weight is 414 g/mol. The van der Waals surface area contributed by atoms with Crippen molar-refractivity contribution in [2.45, 2.75) is 19.3 Å². The first-order valence-corrected chi connectivity index (χ1v) is 10.1. The minimum atomic E-state index is 0.835. The highest BCUT2D eigenvalue weighted by atomic mass is 79.9. The lowest BCUT2D eigenvalue weighted by atomic mass is 10.1. The molecule has 0 aliphatic carbocycles. The Balaban J connectivity index is 1.77. The number of aromatic nitrogens is 4. The van der Waals surface area contributed by atoms with E-state index in [0.717, 1.165) is 56.0 Å². The van der Waals surface area contributed by atoms with E-state index in [0.29, 0.717) is 0 Å². The molecule has 7 heteroatoms. The molecule has 0 atom stereocenters. The van der Waals surface area contributed by atoms with Gasteiger partial charge in [-0.2, -0.15) is 0 Å². The highest BCUT2D eigenvalue weighted by Gasteiger charge is 2.20. The van der Waals surface area contributed by atoms with Gasteiger partial charge in [0.1, 0.15) is 11.2 Å². The van der Waals surface area contributed by atoms with Crippen molar-refractivity contribution in [3.05, 3.63) is 34.4 Å². The second-order valence-electron chi connectivity index (χ2n) is 6.28. The fourth-order valence-corrected chi connectivity index (χ4v) is 5.03. The molecule has 1 fully saturated rings. The maximum absolute atomic E-state index is 5.00. The topological polar surface area (TPSA) is 57.7 Å². The summed E-state index contributed by atoms with van der Waals surface area (Å²) >= 11 is 5.34. The molecule has 1 N–H and O–H groups in total. The van der Waals surface area contributed by atoms with E-state index in [4.69, 9.17) is 9.97 Å². The summed E-state index contributed by atoms with van der Waals surface area (Å²) in [5.74, 6) is 0.835. The minimum Gasteiger partial charge on any atom is -0.346 e. The van der Waals surface area contributed by atoms with Gasteiger partial charge in [0.2, 0.25) is 5.95 Å². The molecule has 5 heterocycles. The van der Waals surface area contributed by atoms with Gasteiger partial charge in [-0.15, -0.1) is 11.3 Å². The first-order chi connectivity index (χ1) is 12.3. The Kier molecular flexibility index (Phi) is 3.71. The van der Waals surface area contributed by atoms with Gasteiger partial charge >= 0.3 is 0 Å². The molecule has 25 heavy (non-hydrogen) atoms. The number of rotatable bonds is 2. The molecule has 0 saturated carbocycles. The molecular weight excluding hydrogens is 398 g/mol.